The highest BCUT2D eigenvalue weighted by atomic mass is 16.2. The lowest BCUT2D eigenvalue weighted by Crippen LogP contribution is -2.43. The van der Waals surface area contributed by atoms with Gasteiger partial charge in [-0.05, 0) is 74.0 Å². The lowest BCUT2D eigenvalue weighted by Gasteiger charge is -2.32. The van der Waals surface area contributed by atoms with E-state index in [2.05, 4.69) is 22.2 Å². The number of carbonyl (C=O) groups excluding carboxylic acids is 3. The molecule has 3 amide bonds. The number of nitrogens with one attached hydrogen (secondary N) is 1. The van der Waals surface area contributed by atoms with Crippen molar-refractivity contribution in [1.29, 1.82) is 0 Å². The molecule has 0 bridgehead atoms. The number of piperazine rings is 1. The number of hydrogen-bond donors (Lipinski definition) is 1. The predicted molar refractivity (Wildman–Crippen MR) is 141 cm³/mol. The topological polar surface area (TPSA) is 73.0 Å². The summed E-state index contributed by atoms with van der Waals surface area (Å²) in [6, 6.07) is 18.2. The van der Waals surface area contributed by atoms with E-state index in [1.165, 1.54) is 16.5 Å². The Morgan fingerprint density at radius 3 is 2.25 bits per heavy atom. The number of rotatable bonds is 5. The average Bonchev–Trinajstić information content (AvgIpc) is 3.12. The van der Waals surface area contributed by atoms with Crippen molar-refractivity contribution in [1.82, 2.24) is 9.80 Å². The van der Waals surface area contributed by atoms with Crippen molar-refractivity contribution in [2.45, 2.75) is 20.4 Å². The van der Waals surface area contributed by atoms with Gasteiger partial charge in [0.15, 0.2) is 0 Å². The summed E-state index contributed by atoms with van der Waals surface area (Å²) in [6.07, 6.45) is 0. The number of likely N-dealkylation sites (N-methyl/N-ethyl adjacent to an activating group) is 1. The summed E-state index contributed by atoms with van der Waals surface area (Å²) >= 11 is 0. The van der Waals surface area contributed by atoms with E-state index in [0.29, 0.717) is 22.5 Å². The second kappa shape index (κ2) is 9.68. The van der Waals surface area contributed by atoms with Gasteiger partial charge in [0.2, 0.25) is 0 Å². The minimum absolute atomic E-state index is 0.246. The van der Waals surface area contributed by atoms with Crippen molar-refractivity contribution < 1.29 is 14.4 Å². The van der Waals surface area contributed by atoms with Crippen molar-refractivity contribution >= 4 is 29.1 Å². The molecule has 184 valence electrons. The molecule has 3 aromatic rings. The number of benzene rings is 3. The Morgan fingerprint density at radius 1 is 0.833 bits per heavy atom. The van der Waals surface area contributed by atoms with Crippen LogP contribution in [0.2, 0.25) is 0 Å². The first-order valence-electron chi connectivity index (χ1n) is 12.2. The number of nitrogens with zero attached hydrogens (tertiary/aromatic N) is 3. The van der Waals surface area contributed by atoms with Crippen LogP contribution in [0.1, 0.15) is 47.8 Å². The molecule has 0 aliphatic carbocycles. The molecule has 36 heavy (non-hydrogen) atoms. The summed E-state index contributed by atoms with van der Waals surface area (Å²) in [5, 5.41) is 2.90. The highest BCUT2D eigenvalue weighted by Crippen LogP contribution is 2.32. The molecule has 0 saturated carbocycles. The van der Waals surface area contributed by atoms with Gasteiger partial charge < -0.3 is 10.2 Å². The maximum Gasteiger partial charge on any atom is 0.266 e. The van der Waals surface area contributed by atoms with E-state index in [1.807, 2.05) is 56.3 Å². The normalized spacial score (nSPS) is 16.4. The van der Waals surface area contributed by atoms with Crippen LogP contribution in [0.5, 0.6) is 0 Å². The van der Waals surface area contributed by atoms with Crippen LogP contribution in [0.3, 0.4) is 0 Å². The van der Waals surface area contributed by atoms with Gasteiger partial charge >= 0.3 is 0 Å². The summed E-state index contributed by atoms with van der Waals surface area (Å²) in [5.41, 5.74) is 5.14. The highest BCUT2D eigenvalue weighted by Gasteiger charge is 2.37. The Morgan fingerprint density at radius 2 is 1.53 bits per heavy atom. The lowest BCUT2D eigenvalue weighted by atomic mass is 10.1. The van der Waals surface area contributed by atoms with Gasteiger partial charge in [-0.25, -0.2) is 4.90 Å². The number of aryl methyl sites for hydroxylation is 2. The Bertz CT molecular complexity index is 1340. The maximum atomic E-state index is 13.2. The molecule has 7 heteroatoms. The van der Waals surface area contributed by atoms with Crippen LogP contribution in [0.25, 0.3) is 0 Å². The number of fused-ring (bicyclic) bond motifs is 1. The Labute approximate surface area is 211 Å². The van der Waals surface area contributed by atoms with Crippen molar-refractivity contribution in [2.75, 3.05) is 43.4 Å². The monoisotopic (exact) mass is 482 g/mol. The molecule has 7 nitrogen and oxygen atoms in total. The van der Waals surface area contributed by atoms with E-state index >= 15 is 0 Å². The van der Waals surface area contributed by atoms with Gasteiger partial charge in [0.1, 0.15) is 0 Å². The molecular weight excluding hydrogens is 452 g/mol. The number of amides is 3. The Hall–Kier alpha value is -3.81. The third-order valence-corrected chi connectivity index (χ3v) is 6.97. The molecule has 2 aliphatic rings. The summed E-state index contributed by atoms with van der Waals surface area (Å²) in [6.45, 7) is 8.93. The van der Waals surface area contributed by atoms with E-state index < -0.39 is 5.91 Å². The number of anilines is 2. The van der Waals surface area contributed by atoms with Crippen molar-refractivity contribution in [3.8, 4) is 0 Å². The van der Waals surface area contributed by atoms with Crippen LogP contribution in [0, 0.1) is 13.8 Å². The van der Waals surface area contributed by atoms with Gasteiger partial charge in [-0.3, -0.25) is 19.3 Å². The van der Waals surface area contributed by atoms with Crippen LogP contribution in [0.4, 0.5) is 11.4 Å². The third kappa shape index (κ3) is 4.67. The van der Waals surface area contributed by atoms with Crippen LogP contribution in [0.15, 0.2) is 60.7 Å². The predicted octanol–water partition coefficient (Wildman–Crippen LogP) is 4.10. The summed E-state index contributed by atoms with van der Waals surface area (Å²) in [5.74, 6) is -1.10. The molecule has 3 aromatic carbocycles. The van der Waals surface area contributed by atoms with Crippen LogP contribution in [-0.4, -0.2) is 60.7 Å². The summed E-state index contributed by atoms with van der Waals surface area (Å²) < 4.78 is 0. The fourth-order valence-electron chi connectivity index (χ4n) is 4.72. The number of hydrogen-bond acceptors (Lipinski definition) is 5. The van der Waals surface area contributed by atoms with E-state index in [4.69, 9.17) is 0 Å². The van der Waals surface area contributed by atoms with Crippen LogP contribution in [-0.2, 0) is 6.54 Å². The summed E-state index contributed by atoms with van der Waals surface area (Å²) in [7, 11) is 2.14. The first-order chi connectivity index (χ1) is 17.3. The standard InChI is InChI=1S/C29H30N4O3/c1-19-4-5-20(2)26(16-19)33-28(35)24-11-8-22(17-25(24)29(33)36)27(34)30-23-9-6-21(7-10-23)18-32-14-12-31(3)13-15-32/h4-11,16-17H,12-15,18H2,1-3H3,(H,30,34). The molecule has 2 aliphatic heterocycles. The average molecular weight is 483 g/mol. The molecule has 1 fully saturated rings. The smallest absolute Gasteiger partial charge is 0.266 e. The van der Waals surface area contributed by atoms with Gasteiger partial charge in [0.25, 0.3) is 17.7 Å². The second-order valence-corrected chi connectivity index (χ2v) is 9.73. The third-order valence-electron chi connectivity index (χ3n) is 6.97. The molecule has 0 aromatic heterocycles. The molecule has 0 unspecified atom stereocenters. The quantitative estimate of drug-likeness (QED) is 0.555. The maximum absolute atomic E-state index is 13.2. The molecule has 0 spiro atoms. The lowest BCUT2D eigenvalue weighted by molar-refractivity contribution is 0.0925. The zero-order valence-electron chi connectivity index (χ0n) is 20.9. The van der Waals surface area contributed by atoms with Crippen molar-refractivity contribution in [2.24, 2.45) is 0 Å². The highest BCUT2D eigenvalue weighted by molar-refractivity contribution is 6.35. The largest absolute Gasteiger partial charge is 0.322 e. The molecule has 2 heterocycles. The van der Waals surface area contributed by atoms with Crippen LogP contribution < -0.4 is 10.2 Å². The fraction of sp³-hybridized carbons (Fsp3) is 0.276. The van der Waals surface area contributed by atoms with Gasteiger partial charge in [-0.2, -0.15) is 0 Å². The van der Waals surface area contributed by atoms with Gasteiger partial charge in [-0.1, -0.05) is 24.3 Å². The van der Waals surface area contributed by atoms with Gasteiger partial charge in [-0.15, -0.1) is 0 Å². The van der Waals surface area contributed by atoms with Gasteiger partial charge in [0, 0.05) is 44.0 Å². The number of carbonyl (C=O) groups is 3. The minimum Gasteiger partial charge on any atom is -0.322 e. The zero-order valence-corrected chi connectivity index (χ0v) is 20.9. The molecule has 0 atom stereocenters. The molecular formula is C29H30N4O3. The molecule has 1 N–H and O–H groups in total. The van der Waals surface area contributed by atoms with E-state index in [-0.39, 0.29) is 17.4 Å². The van der Waals surface area contributed by atoms with Crippen molar-refractivity contribution in [3.63, 3.8) is 0 Å². The van der Waals surface area contributed by atoms with Gasteiger partial charge in [0.05, 0.1) is 16.8 Å². The SMILES string of the molecule is Cc1ccc(C)c(N2C(=O)c3ccc(C(=O)Nc4ccc(CN5CCN(C)CC5)cc4)cc3C2=O)c1. The first-order valence-corrected chi connectivity index (χ1v) is 12.2. The van der Waals surface area contributed by atoms with Crippen molar-refractivity contribution in [3.05, 3.63) is 94.0 Å². The zero-order chi connectivity index (χ0) is 25.4. The summed E-state index contributed by atoms with van der Waals surface area (Å²) in [4.78, 5) is 45.1. The first kappa shape index (κ1) is 23.9. The van der Waals surface area contributed by atoms with Crippen LogP contribution >= 0.6 is 0 Å². The molecule has 5 rings (SSSR count). The Balaban J connectivity index is 1.28. The Kier molecular flexibility index (Phi) is 6.43. The van der Waals surface area contributed by atoms with E-state index in [9.17, 15) is 14.4 Å². The second-order valence-electron chi connectivity index (χ2n) is 9.73. The van der Waals surface area contributed by atoms with E-state index in [0.717, 1.165) is 43.9 Å². The molecule has 1 saturated heterocycles. The molecule has 0 radical (unpaired) electrons. The number of imide groups is 1. The van der Waals surface area contributed by atoms with E-state index in [1.54, 1.807) is 12.1 Å². The fourth-order valence-corrected chi connectivity index (χ4v) is 4.72. The minimum atomic E-state index is -0.411.